The lowest BCUT2D eigenvalue weighted by Gasteiger charge is -2.35. The Balaban J connectivity index is 1.87. The number of aryl methyl sites for hydroxylation is 1. The number of imidazole rings is 1. The Morgan fingerprint density at radius 3 is 2.58 bits per heavy atom. The number of rotatable bonds is 7. The molecule has 3 N–H and O–H groups in total. The molecule has 13 heteroatoms. The smallest absolute Gasteiger partial charge is 0.353 e. The zero-order valence-corrected chi connectivity index (χ0v) is 14.9. The van der Waals surface area contributed by atoms with Crippen LogP contribution in [0.1, 0.15) is 0 Å². The van der Waals surface area contributed by atoms with E-state index in [1.165, 1.54) is 22.0 Å². The average Bonchev–Trinajstić information content (AvgIpc) is 3.00. The topological polar surface area (TPSA) is 108 Å². The number of carbonyl (C=O) groups excluding carboxylic acids is 1. The Labute approximate surface area is 149 Å². The molecule has 0 radical (unpaired) electrons. The molecule has 1 aliphatic heterocycles. The molecule has 1 aromatic heterocycles. The van der Waals surface area contributed by atoms with Crippen LogP contribution < -0.4 is 15.4 Å². The van der Waals surface area contributed by atoms with Crippen molar-refractivity contribution in [2.75, 3.05) is 39.3 Å². The summed E-state index contributed by atoms with van der Waals surface area (Å²) in [5.74, 6) is -0.853. The van der Waals surface area contributed by atoms with Crippen molar-refractivity contribution in [2.24, 2.45) is 7.05 Å². The van der Waals surface area contributed by atoms with Gasteiger partial charge in [-0.1, -0.05) is 0 Å². The normalized spacial score (nSPS) is 17.8. The van der Waals surface area contributed by atoms with Crippen LogP contribution in [0.5, 0.6) is 0 Å². The number of sulfonamides is 1. The van der Waals surface area contributed by atoms with Crippen LogP contribution in [0.15, 0.2) is 17.6 Å². The molecule has 1 fully saturated rings. The highest BCUT2D eigenvalue weighted by Gasteiger charge is 2.43. The molecule has 1 saturated heterocycles. The third-order valence-corrected chi connectivity index (χ3v) is 5.13. The van der Waals surface area contributed by atoms with Gasteiger partial charge in [-0.15, -0.1) is 0 Å². The molecule has 148 valence electrons. The first-order valence-electron chi connectivity index (χ1n) is 7.85. The van der Waals surface area contributed by atoms with Crippen molar-refractivity contribution in [3.63, 3.8) is 0 Å². The van der Waals surface area contributed by atoms with Crippen molar-refractivity contribution in [3.8, 4) is 0 Å². The Hall–Kier alpha value is -1.70. The summed E-state index contributed by atoms with van der Waals surface area (Å²) in [6.45, 7) is -0.0216. The molecule has 2 heterocycles. The van der Waals surface area contributed by atoms with E-state index in [0.717, 1.165) is 0 Å². The van der Waals surface area contributed by atoms with Gasteiger partial charge in [0.05, 0.1) is 12.9 Å². The summed E-state index contributed by atoms with van der Waals surface area (Å²) < 4.78 is 66.9. The third-order valence-electron chi connectivity index (χ3n) is 3.84. The minimum Gasteiger partial charge on any atom is -0.353 e. The summed E-state index contributed by atoms with van der Waals surface area (Å²) in [5, 5.41) is 4.83. The average molecular weight is 398 g/mol. The van der Waals surface area contributed by atoms with Gasteiger partial charge in [-0.25, -0.2) is 18.1 Å². The zero-order valence-electron chi connectivity index (χ0n) is 14.1. The minimum atomic E-state index is -4.50. The maximum Gasteiger partial charge on any atom is 0.405 e. The van der Waals surface area contributed by atoms with E-state index < -0.39 is 41.2 Å². The summed E-state index contributed by atoms with van der Waals surface area (Å²) in [6.07, 6.45) is -1.99. The second-order valence-electron chi connectivity index (χ2n) is 5.85. The van der Waals surface area contributed by atoms with Crippen LogP contribution in [0.4, 0.5) is 13.2 Å². The van der Waals surface area contributed by atoms with Crippen LogP contribution in [0.25, 0.3) is 0 Å². The lowest BCUT2D eigenvalue weighted by molar-refractivity contribution is -0.184. The van der Waals surface area contributed by atoms with E-state index in [1.54, 1.807) is 7.05 Å². The molecule has 0 aromatic carbocycles. The molecule has 0 spiro atoms. The van der Waals surface area contributed by atoms with Gasteiger partial charge in [-0.3, -0.25) is 9.69 Å². The highest BCUT2D eigenvalue weighted by molar-refractivity contribution is 7.89. The van der Waals surface area contributed by atoms with Gasteiger partial charge < -0.3 is 15.2 Å². The first-order valence-corrected chi connectivity index (χ1v) is 9.34. The fourth-order valence-electron chi connectivity index (χ4n) is 2.48. The number of hydrogen-bond acceptors (Lipinski definition) is 6. The van der Waals surface area contributed by atoms with Crippen molar-refractivity contribution in [1.82, 2.24) is 29.8 Å². The van der Waals surface area contributed by atoms with Crippen molar-refractivity contribution in [1.29, 1.82) is 0 Å². The molecule has 1 unspecified atom stereocenters. The fraction of sp³-hybridized carbons (Fsp3) is 0.692. The summed E-state index contributed by atoms with van der Waals surface area (Å²) in [5.41, 5.74) is 0. The van der Waals surface area contributed by atoms with E-state index in [-0.39, 0.29) is 18.1 Å². The number of nitrogens with one attached hydrogen (secondary N) is 3. The summed E-state index contributed by atoms with van der Waals surface area (Å²) in [7, 11) is -2.43. The number of alkyl halides is 3. The Bertz CT molecular complexity index is 715. The van der Waals surface area contributed by atoms with Gasteiger partial charge in [0.1, 0.15) is 6.04 Å². The van der Waals surface area contributed by atoms with E-state index in [0.29, 0.717) is 13.1 Å². The molecule has 0 bridgehead atoms. The Morgan fingerprint density at radius 2 is 2.04 bits per heavy atom. The van der Waals surface area contributed by atoms with Crippen LogP contribution in [0, 0.1) is 0 Å². The summed E-state index contributed by atoms with van der Waals surface area (Å²) in [4.78, 5) is 16.7. The summed E-state index contributed by atoms with van der Waals surface area (Å²) in [6, 6.07) is -1.82. The lowest BCUT2D eigenvalue weighted by Crippen LogP contribution is -2.58. The standard InChI is InChI=1S/C13H21F3N6O3S/c1-21-8-12(19-9-21)26(24,25)20-7-11(23)18-6-10(13(14,15)16)22-4-2-17-3-5-22/h8-10,17,20H,2-7H2,1H3,(H,18,23). The second kappa shape index (κ2) is 8.33. The number of carbonyl (C=O) groups is 1. The van der Waals surface area contributed by atoms with Gasteiger partial charge in [0.15, 0.2) is 5.03 Å². The second-order valence-corrected chi connectivity index (χ2v) is 7.56. The first-order chi connectivity index (χ1) is 12.1. The van der Waals surface area contributed by atoms with E-state index in [1.807, 2.05) is 4.72 Å². The molecule has 9 nitrogen and oxygen atoms in total. The van der Waals surface area contributed by atoms with Crippen molar-refractivity contribution < 1.29 is 26.4 Å². The molecule has 1 atom stereocenters. The van der Waals surface area contributed by atoms with Crippen LogP contribution in [-0.2, 0) is 21.9 Å². The monoisotopic (exact) mass is 398 g/mol. The van der Waals surface area contributed by atoms with E-state index in [4.69, 9.17) is 0 Å². The van der Waals surface area contributed by atoms with Gasteiger partial charge in [-0.05, 0) is 0 Å². The molecule has 26 heavy (non-hydrogen) atoms. The maximum atomic E-state index is 13.2. The van der Waals surface area contributed by atoms with Crippen LogP contribution >= 0.6 is 0 Å². The maximum absolute atomic E-state index is 13.2. The highest BCUT2D eigenvalue weighted by atomic mass is 32.2. The number of hydrogen-bond donors (Lipinski definition) is 3. The Kier molecular flexibility index (Phi) is 6.60. The molecule has 1 aliphatic rings. The first kappa shape index (κ1) is 20.6. The van der Waals surface area contributed by atoms with Gasteiger partial charge >= 0.3 is 6.18 Å². The number of amides is 1. The molecule has 1 aromatic rings. The predicted octanol–water partition coefficient (Wildman–Crippen LogP) is -1.35. The van der Waals surface area contributed by atoms with Gasteiger partial charge in [0.2, 0.25) is 5.91 Å². The minimum absolute atomic E-state index is 0.215. The molecule has 0 saturated carbocycles. The van der Waals surface area contributed by atoms with E-state index >= 15 is 0 Å². The van der Waals surface area contributed by atoms with Crippen LogP contribution in [0.2, 0.25) is 0 Å². The summed E-state index contributed by atoms with van der Waals surface area (Å²) >= 11 is 0. The van der Waals surface area contributed by atoms with E-state index in [2.05, 4.69) is 15.6 Å². The highest BCUT2D eigenvalue weighted by Crippen LogP contribution is 2.24. The largest absolute Gasteiger partial charge is 0.405 e. The molecule has 1 amide bonds. The number of piperazine rings is 1. The predicted molar refractivity (Wildman–Crippen MR) is 85.7 cm³/mol. The number of aromatic nitrogens is 2. The van der Waals surface area contributed by atoms with E-state index in [9.17, 15) is 26.4 Å². The quantitative estimate of drug-likeness (QED) is 0.524. The third kappa shape index (κ3) is 5.65. The molecular formula is C13H21F3N6O3S. The SMILES string of the molecule is Cn1cnc(S(=O)(=O)NCC(=O)NCC(N2CCNCC2)C(F)(F)F)c1. The zero-order chi connectivity index (χ0) is 19.4. The Morgan fingerprint density at radius 1 is 1.38 bits per heavy atom. The van der Waals surface area contributed by atoms with Gasteiger partial charge in [0, 0.05) is 46.0 Å². The van der Waals surface area contributed by atoms with Gasteiger partial charge in [0.25, 0.3) is 10.0 Å². The van der Waals surface area contributed by atoms with Crippen LogP contribution in [-0.4, -0.2) is 80.3 Å². The number of nitrogens with zero attached hydrogens (tertiary/aromatic N) is 3. The fourth-order valence-corrected chi connectivity index (χ4v) is 3.44. The number of halogens is 3. The van der Waals surface area contributed by atoms with Crippen molar-refractivity contribution >= 4 is 15.9 Å². The van der Waals surface area contributed by atoms with Gasteiger partial charge in [-0.2, -0.15) is 13.2 Å². The molecular weight excluding hydrogens is 377 g/mol. The van der Waals surface area contributed by atoms with Crippen LogP contribution in [0.3, 0.4) is 0 Å². The lowest BCUT2D eigenvalue weighted by atomic mass is 10.2. The molecule has 0 aliphatic carbocycles. The molecule has 2 rings (SSSR count). The van der Waals surface area contributed by atoms with Crippen molar-refractivity contribution in [2.45, 2.75) is 17.2 Å². The van der Waals surface area contributed by atoms with Crippen molar-refractivity contribution in [3.05, 3.63) is 12.5 Å².